The molecule has 0 amide bonds. The lowest BCUT2D eigenvalue weighted by atomic mass is 9.91. The van der Waals surface area contributed by atoms with E-state index in [9.17, 15) is 0 Å². The Labute approximate surface area is 255 Å². The molecule has 2 N–H and O–H groups in total. The van der Waals surface area contributed by atoms with Crippen LogP contribution in [0.3, 0.4) is 0 Å². The molecule has 0 radical (unpaired) electrons. The van der Waals surface area contributed by atoms with Gasteiger partial charge in [-0.2, -0.15) is 0 Å². The molecule has 218 valence electrons. The van der Waals surface area contributed by atoms with Crippen LogP contribution in [0.5, 0.6) is 0 Å². The van der Waals surface area contributed by atoms with Crippen molar-refractivity contribution in [2.24, 2.45) is 0 Å². The first-order chi connectivity index (χ1) is 20.5. The average Bonchev–Trinajstić information content (AvgIpc) is 3.66. The van der Waals surface area contributed by atoms with Crippen molar-refractivity contribution in [1.82, 2.24) is 19.9 Å². The van der Waals surface area contributed by atoms with Gasteiger partial charge in [-0.05, 0) is 102 Å². The molecule has 0 aliphatic carbocycles. The average molecular weight is 570 g/mol. The summed E-state index contributed by atoms with van der Waals surface area (Å²) in [4.78, 5) is 0. The van der Waals surface area contributed by atoms with E-state index in [0.29, 0.717) is 0 Å². The molecule has 0 unspecified atom stereocenters. The molecule has 3 aromatic carbocycles. The van der Waals surface area contributed by atoms with Gasteiger partial charge in [0.15, 0.2) is 0 Å². The van der Waals surface area contributed by atoms with Crippen molar-refractivity contribution in [3.63, 3.8) is 0 Å². The van der Waals surface area contributed by atoms with E-state index in [1.807, 2.05) is 6.20 Å². The van der Waals surface area contributed by atoms with Gasteiger partial charge < -0.3 is 4.59 Å². The number of benzene rings is 3. The molecule has 0 bridgehead atoms. The van der Waals surface area contributed by atoms with E-state index in [1.54, 1.807) is 0 Å². The van der Waals surface area contributed by atoms with Gasteiger partial charge in [0.2, 0.25) is 0 Å². The first-order valence-corrected chi connectivity index (χ1v) is 15.2. The Morgan fingerprint density at radius 2 is 0.907 bits per heavy atom. The fourth-order valence-electron chi connectivity index (χ4n) is 7.41. The van der Waals surface area contributed by atoms with Crippen molar-refractivity contribution in [2.45, 2.75) is 62.3 Å². The van der Waals surface area contributed by atoms with E-state index in [1.165, 1.54) is 66.8 Å². The molecule has 0 aliphatic rings. The number of hydrogen-bond acceptors (Lipinski definition) is 1. The zero-order chi connectivity index (χ0) is 30.6. The van der Waals surface area contributed by atoms with E-state index in [-0.39, 0.29) is 0 Å². The number of H-pyrrole nitrogens is 2. The Hall–Kier alpha value is -4.65. The minimum absolute atomic E-state index is 1.10. The number of aryl methyl sites for hydroxylation is 9. The van der Waals surface area contributed by atoms with Crippen molar-refractivity contribution < 1.29 is 9.19 Å². The Bertz CT molecular complexity index is 1820. The molecule has 0 saturated heterocycles. The molecule has 0 atom stereocenters. The second-order valence-electron chi connectivity index (χ2n) is 12.6. The molecule has 3 aromatic heterocycles. The summed E-state index contributed by atoms with van der Waals surface area (Å²) in [5, 5.41) is 12.5. The van der Waals surface area contributed by atoms with Crippen LogP contribution in [0.15, 0.2) is 73.2 Å². The third kappa shape index (κ3) is 5.14. The summed E-state index contributed by atoms with van der Waals surface area (Å²) in [5.41, 5.74) is 18.4. The summed E-state index contributed by atoms with van der Waals surface area (Å²) >= 11 is 0. The molecule has 0 saturated carbocycles. The molecular weight excluding hydrogens is 527 g/mol. The first kappa shape index (κ1) is 28.5. The largest absolute Gasteiger partial charge is 0.705 e. The molecule has 7 heteroatoms. The van der Waals surface area contributed by atoms with Gasteiger partial charge in [0.1, 0.15) is 23.8 Å². The monoisotopic (exact) mass is 569 g/mol. The molecule has 0 fully saturated rings. The zero-order valence-electron chi connectivity index (χ0n) is 26.9. The highest BCUT2D eigenvalue weighted by Crippen LogP contribution is 2.30. The summed E-state index contributed by atoms with van der Waals surface area (Å²) in [6.45, 7) is 19.6. The van der Waals surface area contributed by atoms with Crippen LogP contribution >= 0.6 is 0 Å². The molecule has 6 rings (SSSR count). The summed E-state index contributed by atoms with van der Waals surface area (Å²) in [6, 6.07) is 20.1. The van der Waals surface area contributed by atoms with Crippen molar-refractivity contribution in [3.05, 3.63) is 123 Å². The Kier molecular flexibility index (Phi) is 7.21. The van der Waals surface area contributed by atoms with Gasteiger partial charge in [0.05, 0.1) is 0 Å². The highest BCUT2D eigenvalue weighted by atomic mass is 15.4. The lowest BCUT2D eigenvalue weighted by Crippen LogP contribution is -2.75. The minimum atomic E-state index is -1.51. The van der Waals surface area contributed by atoms with Gasteiger partial charge in [-0.25, -0.2) is 24.5 Å². The number of nitrogens with zero attached hydrogens (tertiary/aromatic N) is 4. The summed E-state index contributed by atoms with van der Waals surface area (Å²) in [6.07, 6.45) is 6.24. The summed E-state index contributed by atoms with van der Waals surface area (Å²) in [7, 11) is -1.51. The molecule has 6 aromatic rings. The highest BCUT2D eigenvalue weighted by molar-refractivity contribution is 6.37. The molecular formula is C36H42BN6+. The number of aromatic amines is 2. The topological polar surface area (TPSA) is 57.2 Å². The van der Waals surface area contributed by atoms with E-state index >= 15 is 0 Å². The smallest absolute Gasteiger partial charge is 0.303 e. The molecule has 0 aliphatic heterocycles. The van der Waals surface area contributed by atoms with Crippen LogP contribution < -0.4 is 9.19 Å². The van der Waals surface area contributed by atoms with Crippen molar-refractivity contribution >= 4 is 7.12 Å². The maximum Gasteiger partial charge on any atom is 0.705 e. The number of hydrogen-bond donors (Lipinski definition) is 2. The van der Waals surface area contributed by atoms with Gasteiger partial charge in [-0.3, -0.25) is 0 Å². The van der Waals surface area contributed by atoms with Crippen LogP contribution in [-0.4, -0.2) is 27.0 Å². The maximum absolute atomic E-state index is 4.98. The van der Waals surface area contributed by atoms with Gasteiger partial charge in [-0.1, -0.05) is 53.1 Å². The maximum atomic E-state index is 4.98. The Morgan fingerprint density at radius 1 is 0.535 bits per heavy atom. The minimum Gasteiger partial charge on any atom is -0.303 e. The predicted octanol–water partition coefficient (Wildman–Crippen LogP) is 6.55. The lowest BCUT2D eigenvalue weighted by Gasteiger charge is -2.18. The van der Waals surface area contributed by atoms with Crippen LogP contribution in [0.1, 0.15) is 50.1 Å². The van der Waals surface area contributed by atoms with Crippen LogP contribution in [0.4, 0.5) is 0 Å². The van der Waals surface area contributed by atoms with Gasteiger partial charge >= 0.3 is 7.12 Å². The van der Waals surface area contributed by atoms with Crippen molar-refractivity contribution in [3.8, 4) is 33.8 Å². The van der Waals surface area contributed by atoms with Gasteiger partial charge in [-0.15, -0.1) is 0 Å². The van der Waals surface area contributed by atoms with Gasteiger partial charge in [0, 0.05) is 40.7 Å². The normalized spacial score (nSPS) is 11.6. The van der Waals surface area contributed by atoms with Crippen LogP contribution in [0.25, 0.3) is 33.8 Å². The van der Waals surface area contributed by atoms with E-state index in [0.717, 1.165) is 17.1 Å². The SMILES string of the molecule is Cc1cc(C)c(-c2cc[n+]([BH-](n3nccc3-c3c(C)cc(C)cc3C)[n+]3ccc(-c4c(C)cc(C)cc4C)[nH]3)[nH]2)c(C)c1. The molecule has 43 heavy (non-hydrogen) atoms. The quantitative estimate of drug-likeness (QED) is 0.220. The standard InChI is InChI=1S/C36H42BN6/c1-22-16-25(4)34(26(5)17-22)31-11-14-41(39-31)37(42-15-12-32(40-42)35-27(6)18-23(2)19-28(35)7)43-33(10-13-38-43)36-29(8)20-24(3)21-30(36)9/h10-21,37,39-40H,1-9H3/q+1. The lowest BCUT2D eigenvalue weighted by molar-refractivity contribution is -0.734. The molecule has 6 nitrogen and oxygen atoms in total. The predicted molar refractivity (Wildman–Crippen MR) is 176 cm³/mol. The van der Waals surface area contributed by atoms with Crippen LogP contribution in [-0.2, 0) is 0 Å². The second-order valence-corrected chi connectivity index (χ2v) is 12.6. The van der Waals surface area contributed by atoms with E-state index in [4.69, 9.17) is 5.10 Å². The third-order valence-corrected chi connectivity index (χ3v) is 8.79. The van der Waals surface area contributed by atoms with E-state index in [2.05, 4.69) is 153 Å². The van der Waals surface area contributed by atoms with Crippen molar-refractivity contribution in [1.29, 1.82) is 0 Å². The fraction of sp³-hybridized carbons (Fsp3) is 0.250. The number of nitrogens with one attached hydrogen (secondary N) is 2. The Balaban J connectivity index is 1.54. The molecule has 3 heterocycles. The third-order valence-electron chi connectivity index (χ3n) is 8.79. The Morgan fingerprint density at radius 3 is 1.30 bits per heavy atom. The number of aromatic nitrogens is 6. The van der Waals surface area contributed by atoms with Crippen LogP contribution in [0, 0.1) is 62.3 Å². The summed E-state index contributed by atoms with van der Waals surface area (Å²) in [5.74, 6) is 0. The van der Waals surface area contributed by atoms with Crippen molar-refractivity contribution in [2.75, 3.05) is 0 Å². The number of rotatable bonds is 6. The second kappa shape index (κ2) is 10.9. The zero-order valence-corrected chi connectivity index (χ0v) is 26.9. The first-order valence-electron chi connectivity index (χ1n) is 15.2. The molecule has 0 spiro atoms. The van der Waals surface area contributed by atoms with E-state index < -0.39 is 7.12 Å². The van der Waals surface area contributed by atoms with Crippen LogP contribution in [0.2, 0.25) is 0 Å². The summed E-state index contributed by atoms with van der Waals surface area (Å²) < 4.78 is 6.63. The van der Waals surface area contributed by atoms with Gasteiger partial charge in [0.25, 0.3) is 0 Å². The fourth-order valence-corrected chi connectivity index (χ4v) is 7.41. The highest BCUT2D eigenvalue weighted by Gasteiger charge is 2.37.